The summed E-state index contributed by atoms with van der Waals surface area (Å²) < 4.78 is 0. The minimum atomic E-state index is -1.41. The first kappa shape index (κ1) is 13.3. The van der Waals surface area contributed by atoms with Crippen molar-refractivity contribution in [2.45, 2.75) is 70.5 Å². The molecule has 3 fully saturated rings. The zero-order chi connectivity index (χ0) is 14.0. The zero-order valence-corrected chi connectivity index (χ0v) is 12.6. The maximum Gasteiger partial charge on any atom is 0.168 e. The van der Waals surface area contributed by atoms with E-state index in [1.807, 2.05) is 0 Å². The molecule has 0 aliphatic heterocycles. The third-order valence-electron chi connectivity index (χ3n) is 7.49. The molecule has 0 aromatic carbocycles. The van der Waals surface area contributed by atoms with E-state index >= 15 is 0 Å². The molecular formula is C18H28O2. The van der Waals surface area contributed by atoms with Gasteiger partial charge in [-0.05, 0) is 75.0 Å². The number of allylic oxidation sites excluding steroid dienone is 2. The van der Waals surface area contributed by atoms with Gasteiger partial charge in [0.25, 0.3) is 0 Å². The Hall–Kier alpha value is -0.340. The molecule has 0 aromatic heterocycles. The Balaban J connectivity index is 1.65. The minimum Gasteiger partial charge on any atom is -0.365 e. The molecule has 4 aliphatic carbocycles. The fourth-order valence-corrected chi connectivity index (χ4v) is 6.30. The van der Waals surface area contributed by atoms with E-state index in [1.54, 1.807) is 5.57 Å². The van der Waals surface area contributed by atoms with Crippen molar-refractivity contribution in [2.75, 3.05) is 0 Å². The molecule has 112 valence electrons. The first-order valence-corrected chi connectivity index (χ1v) is 8.67. The number of hydrogen-bond donors (Lipinski definition) is 2. The molecule has 4 aliphatic rings. The number of hydrogen-bond acceptors (Lipinski definition) is 2. The Morgan fingerprint density at radius 1 is 1.05 bits per heavy atom. The van der Waals surface area contributed by atoms with E-state index in [2.05, 4.69) is 13.0 Å². The summed E-state index contributed by atoms with van der Waals surface area (Å²) in [6.45, 7) is 2.15. The lowest BCUT2D eigenvalue weighted by Crippen LogP contribution is -2.52. The fraction of sp³-hybridized carbons (Fsp3) is 0.889. The van der Waals surface area contributed by atoms with Crippen LogP contribution in [-0.4, -0.2) is 16.0 Å². The highest BCUT2D eigenvalue weighted by molar-refractivity contribution is 5.18. The van der Waals surface area contributed by atoms with Gasteiger partial charge in [0.15, 0.2) is 5.79 Å². The van der Waals surface area contributed by atoms with Crippen LogP contribution in [0, 0.1) is 29.1 Å². The Labute approximate surface area is 122 Å². The largest absolute Gasteiger partial charge is 0.365 e. The topological polar surface area (TPSA) is 40.5 Å². The van der Waals surface area contributed by atoms with Crippen LogP contribution in [0.5, 0.6) is 0 Å². The summed E-state index contributed by atoms with van der Waals surface area (Å²) in [6, 6.07) is 0. The molecule has 0 aromatic rings. The molecule has 2 N–H and O–H groups in total. The van der Waals surface area contributed by atoms with E-state index in [0.29, 0.717) is 12.3 Å². The Morgan fingerprint density at radius 3 is 2.75 bits per heavy atom. The first-order chi connectivity index (χ1) is 9.53. The Kier molecular flexibility index (Phi) is 2.89. The molecule has 0 saturated heterocycles. The second-order valence-electron chi connectivity index (χ2n) is 8.10. The van der Waals surface area contributed by atoms with Crippen LogP contribution < -0.4 is 0 Å². The smallest absolute Gasteiger partial charge is 0.168 e. The van der Waals surface area contributed by atoms with Gasteiger partial charge in [-0.1, -0.05) is 18.6 Å². The van der Waals surface area contributed by atoms with Gasteiger partial charge in [-0.3, -0.25) is 0 Å². The van der Waals surface area contributed by atoms with Gasteiger partial charge < -0.3 is 10.2 Å². The first-order valence-electron chi connectivity index (χ1n) is 8.67. The van der Waals surface area contributed by atoms with Gasteiger partial charge in [0.1, 0.15) is 0 Å². The van der Waals surface area contributed by atoms with Crippen LogP contribution in [0.3, 0.4) is 0 Å². The summed E-state index contributed by atoms with van der Waals surface area (Å²) in [5.74, 6) is 1.54. The summed E-state index contributed by atoms with van der Waals surface area (Å²) in [5, 5.41) is 20.8. The van der Waals surface area contributed by atoms with Crippen LogP contribution in [0.2, 0.25) is 0 Å². The Bertz CT molecular complexity index is 439. The van der Waals surface area contributed by atoms with Crippen LogP contribution in [0.25, 0.3) is 0 Å². The quantitative estimate of drug-likeness (QED) is 0.524. The third-order valence-corrected chi connectivity index (χ3v) is 7.49. The van der Waals surface area contributed by atoms with E-state index < -0.39 is 5.79 Å². The van der Waals surface area contributed by atoms with Gasteiger partial charge in [0.05, 0.1) is 0 Å². The molecule has 20 heavy (non-hydrogen) atoms. The van der Waals surface area contributed by atoms with Gasteiger partial charge in [-0.15, -0.1) is 0 Å². The fourth-order valence-electron chi connectivity index (χ4n) is 6.30. The molecule has 3 saturated carbocycles. The average molecular weight is 276 g/mol. The molecule has 0 radical (unpaired) electrons. The van der Waals surface area contributed by atoms with E-state index in [9.17, 15) is 10.2 Å². The predicted molar refractivity (Wildman–Crippen MR) is 78.9 cm³/mol. The minimum absolute atomic E-state index is 0.246. The second-order valence-corrected chi connectivity index (χ2v) is 8.10. The van der Waals surface area contributed by atoms with Crippen LogP contribution in [0.15, 0.2) is 11.6 Å². The van der Waals surface area contributed by atoms with Gasteiger partial charge >= 0.3 is 0 Å². The molecule has 2 nitrogen and oxygen atoms in total. The lowest BCUT2D eigenvalue weighted by atomic mass is 9.52. The van der Waals surface area contributed by atoms with Crippen molar-refractivity contribution in [3.63, 3.8) is 0 Å². The van der Waals surface area contributed by atoms with E-state index in [1.165, 1.54) is 38.5 Å². The highest BCUT2D eigenvalue weighted by Crippen LogP contribution is 2.64. The zero-order valence-electron chi connectivity index (χ0n) is 12.6. The molecule has 0 bridgehead atoms. The lowest BCUT2D eigenvalue weighted by Gasteiger charge is -2.54. The van der Waals surface area contributed by atoms with Gasteiger partial charge in [0.2, 0.25) is 0 Å². The molecule has 5 atom stereocenters. The molecule has 2 heteroatoms. The highest BCUT2D eigenvalue weighted by Gasteiger charge is 2.61. The standard InChI is InChI=1S/C18H28O2/c1-17-10-8-14-13-5-3-2-4-12(13)6-7-15(14)16(17)9-11-18(17,19)20/h4,13-16,19-20H,2-3,5-11H2,1H3/t13-,14+,15+,16-,17-/m0/s1. The van der Waals surface area contributed by atoms with Crippen molar-refractivity contribution >= 4 is 0 Å². The van der Waals surface area contributed by atoms with Crippen LogP contribution in [0.4, 0.5) is 0 Å². The highest BCUT2D eigenvalue weighted by atomic mass is 16.5. The van der Waals surface area contributed by atoms with Crippen molar-refractivity contribution in [2.24, 2.45) is 29.1 Å². The summed E-state index contributed by atoms with van der Waals surface area (Å²) >= 11 is 0. The van der Waals surface area contributed by atoms with E-state index in [0.717, 1.165) is 30.6 Å². The van der Waals surface area contributed by atoms with Crippen molar-refractivity contribution < 1.29 is 10.2 Å². The van der Waals surface area contributed by atoms with Crippen molar-refractivity contribution in [1.82, 2.24) is 0 Å². The molecule has 0 amide bonds. The van der Waals surface area contributed by atoms with Crippen molar-refractivity contribution in [1.29, 1.82) is 0 Å². The van der Waals surface area contributed by atoms with Gasteiger partial charge in [-0.2, -0.15) is 0 Å². The van der Waals surface area contributed by atoms with E-state index in [-0.39, 0.29) is 5.41 Å². The monoisotopic (exact) mass is 276 g/mol. The van der Waals surface area contributed by atoms with Crippen LogP contribution in [0.1, 0.15) is 64.7 Å². The van der Waals surface area contributed by atoms with Crippen LogP contribution in [-0.2, 0) is 0 Å². The number of fused-ring (bicyclic) bond motifs is 5. The predicted octanol–water partition coefficient (Wildman–Crippen LogP) is 3.63. The molecule has 4 rings (SSSR count). The summed E-state index contributed by atoms with van der Waals surface area (Å²) in [7, 11) is 0. The molecule has 0 unspecified atom stereocenters. The maximum absolute atomic E-state index is 10.4. The molecule has 0 spiro atoms. The normalized spacial score (nSPS) is 49.9. The number of rotatable bonds is 0. The summed E-state index contributed by atoms with van der Waals surface area (Å²) in [5.41, 5.74) is 1.50. The van der Waals surface area contributed by atoms with E-state index in [4.69, 9.17) is 0 Å². The summed E-state index contributed by atoms with van der Waals surface area (Å²) in [6.07, 6.45) is 13.0. The molecule has 0 heterocycles. The van der Waals surface area contributed by atoms with Crippen LogP contribution >= 0.6 is 0 Å². The third kappa shape index (κ3) is 1.64. The second kappa shape index (κ2) is 4.33. The van der Waals surface area contributed by atoms with Gasteiger partial charge in [-0.25, -0.2) is 0 Å². The Morgan fingerprint density at radius 2 is 1.90 bits per heavy atom. The maximum atomic E-state index is 10.4. The SMILES string of the molecule is C[C@]12CC[C@H]3[C@@H](CCC4=CCCC[C@@H]43)[C@@H]1CCC2(O)O. The van der Waals surface area contributed by atoms with Gasteiger partial charge in [0, 0.05) is 11.8 Å². The number of aliphatic hydroxyl groups is 2. The van der Waals surface area contributed by atoms with Crippen molar-refractivity contribution in [3.05, 3.63) is 11.6 Å². The molecular weight excluding hydrogens is 248 g/mol. The average Bonchev–Trinajstić information content (AvgIpc) is 2.69. The summed E-state index contributed by atoms with van der Waals surface area (Å²) in [4.78, 5) is 0. The van der Waals surface area contributed by atoms with Crippen molar-refractivity contribution in [3.8, 4) is 0 Å². The lowest BCUT2D eigenvalue weighted by molar-refractivity contribution is -0.245.